The van der Waals surface area contributed by atoms with Crippen LogP contribution in [-0.2, 0) is 9.47 Å². The second-order valence-corrected chi connectivity index (χ2v) is 5.24. The van der Waals surface area contributed by atoms with E-state index in [0.717, 1.165) is 11.8 Å². The Morgan fingerprint density at radius 2 is 1.70 bits per heavy atom. The highest BCUT2D eigenvalue weighted by molar-refractivity contribution is 8.23. The lowest BCUT2D eigenvalue weighted by atomic mass is 10.0. The Morgan fingerprint density at radius 3 is 2.30 bits per heavy atom. The van der Waals surface area contributed by atoms with Gasteiger partial charge in [0.15, 0.2) is 5.78 Å². The maximum atomic E-state index is 12.1. The van der Waals surface area contributed by atoms with Crippen molar-refractivity contribution in [1.82, 2.24) is 0 Å². The molecule has 0 fully saturated rings. The fourth-order valence-electron chi connectivity index (χ4n) is 1.47. The van der Waals surface area contributed by atoms with Crippen molar-refractivity contribution in [2.75, 3.05) is 19.0 Å². The first-order valence-electron chi connectivity index (χ1n) is 6.19. The summed E-state index contributed by atoms with van der Waals surface area (Å²) in [6, 6.07) is 6.60. The predicted molar refractivity (Wildman–Crippen MR) is 83.4 cm³/mol. The summed E-state index contributed by atoms with van der Waals surface area (Å²) in [5.74, 6) is -0.538. The number of hydrogen-bond donors (Lipinski definition) is 0. The Kier molecular flexibility index (Phi) is 7.25. The summed E-state index contributed by atoms with van der Waals surface area (Å²) in [5.41, 5.74) is 0.625. The third-order valence-electron chi connectivity index (χ3n) is 2.31. The molecule has 0 unspecified atom stereocenters. The highest BCUT2D eigenvalue weighted by atomic mass is 32.2. The minimum Gasteiger partial charge on any atom is -0.479 e. The topological polar surface area (TPSA) is 52.6 Å². The normalized spacial score (nSPS) is 9.90. The van der Waals surface area contributed by atoms with Gasteiger partial charge in [-0.2, -0.15) is 0 Å². The van der Waals surface area contributed by atoms with Gasteiger partial charge in [0.25, 0.3) is 0 Å². The summed E-state index contributed by atoms with van der Waals surface area (Å²) in [6.07, 6.45) is 0. The SMILES string of the molecule is CCOC(=O)c1ccccc1C(=O)CSC(=S)OCC. The molecule has 1 rings (SSSR count). The van der Waals surface area contributed by atoms with E-state index in [1.54, 1.807) is 31.2 Å². The molecular formula is C14H16O4S2. The molecule has 1 aromatic carbocycles. The van der Waals surface area contributed by atoms with Crippen LogP contribution in [0.25, 0.3) is 0 Å². The van der Waals surface area contributed by atoms with Crippen molar-refractivity contribution < 1.29 is 19.1 Å². The monoisotopic (exact) mass is 312 g/mol. The Morgan fingerprint density at radius 1 is 1.10 bits per heavy atom. The molecule has 0 heterocycles. The molecule has 0 radical (unpaired) electrons. The number of rotatable bonds is 6. The smallest absolute Gasteiger partial charge is 0.338 e. The van der Waals surface area contributed by atoms with Crippen LogP contribution in [0, 0.1) is 0 Å². The van der Waals surface area contributed by atoms with Crippen LogP contribution < -0.4 is 0 Å². The summed E-state index contributed by atoms with van der Waals surface area (Å²) in [4.78, 5) is 23.9. The van der Waals surface area contributed by atoms with Crippen molar-refractivity contribution in [3.63, 3.8) is 0 Å². The highest BCUT2D eigenvalue weighted by Gasteiger charge is 2.18. The van der Waals surface area contributed by atoms with Gasteiger partial charge < -0.3 is 9.47 Å². The zero-order chi connectivity index (χ0) is 15.0. The number of Topliss-reactive ketones (excluding diaryl/α,β-unsaturated/α-hetero) is 1. The van der Waals surface area contributed by atoms with Gasteiger partial charge in [-0.25, -0.2) is 4.79 Å². The molecule has 0 aliphatic heterocycles. The van der Waals surface area contributed by atoms with Crippen molar-refractivity contribution in [2.24, 2.45) is 0 Å². The molecule has 0 aromatic heterocycles. The minimum atomic E-state index is -0.492. The number of hydrogen-bond acceptors (Lipinski definition) is 6. The van der Waals surface area contributed by atoms with Gasteiger partial charge in [0, 0.05) is 5.56 Å². The molecule has 0 saturated carbocycles. The molecule has 6 heteroatoms. The first kappa shape index (κ1) is 16.7. The van der Waals surface area contributed by atoms with Gasteiger partial charge in [0.1, 0.15) is 0 Å². The van der Waals surface area contributed by atoms with Crippen LogP contribution in [0.5, 0.6) is 0 Å². The lowest BCUT2D eigenvalue weighted by Crippen LogP contribution is -2.14. The third kappa shape index (κ3) is 4.94. The maximum absolute atomic E-state index is 12.1. The Bertz CT molecular complexity index is 500. The number of carbonyl (C=O) groups excluding carboxylic acids is 2. The number of carbonyl (C=O) groups is 2. The Balaban J connectivity index is 2.77. The second kappa shape index (κ2) is 8.71. The molecule has 0 spiro atoms. The van der Waals surface area contributed by atoms with E-state index in [4.69, 9.17) is 21.7 Å². The summed E-state index contributed by atoms with van der Waals surface area (Å²) in [6.45, 7) is 4.29. The summed E-state index contributed by atoms with van der Waals surface area (Å²) >= 11 is 6.09. The molecule has 0 atom stereocenters. The molecule has 0 aliphatic carbocycles. The lowest BCUT2D eigenvalue weighted by molar-refractivity contribution is 0.0523. The average molecular weight is 312 g/mol. The fourth-order valence-corrected chi connectivity index (χ4v) is 2.38. The average Bonchev–Trinajstić information content (AvgIpc) is 2.45. The van der Waals surface area contributed by atoms with E-state index < -0.39 is 5.97 Å². The lowest BCUT2D eigenvalue weighted by Gasteiger charge is -2.08. The fraction of sp³-hybridized carbons (Fsp3) is 0.357. The van der Waals surface area contributed by atoms with Crippen LogP contribution in [-0.4, -0.2) is 35.1 Å². The Hall–Kier alpha value is -1.40. The first-order valence-corrected chi connectivity index (χ1v) is 7.58. The van der Waals surface area contributed by atoms with Gasteiger partial charge in [-0.3, -0.25) is 4.79 Å². The second-order valence-electron chi connectivity index (χ2n) is 3.66. The maximum Gasteiger partial charge on any atom is 0.338 e. The molecule has 0 bridgehead atoms. The van der Waals surface area contributed by atoms with Gasteiger partial charge in [-0.15, -0.1) is 0 Å². The molecular weight excluding hydrogens is 296 g/mol. The molecule has 108 valence electrons. The molecule has 0 amide bonds. The van der Waals surface area contributed by atoms with Crippen LogP contribution in [0.15, 0.2) is 24.3 Å². The number of benzene rings is 1. The molecule has 4 nitrogen and oxygen atoms in total. The number of ether oxygens (including phenoxy) is 2. The molecule has 0 N–H and O–H groups in total. The van der Waals surface area contributed by atoms with Crippen molar-refractivity contribution >= 4 is 40.1 Å². The van der Waals surface area contributed by atoms with E-state index in [9.17, 15) is 9.59 Å². The first-order chi connectivity index (χ1) is 9.60. The standard InChI is InChI=1S/C14H16O4S2/c1-3-17-13(16)11-8-6-5-7-10(11)12(15)9-20-14(19)18-4-2/h5-8H,3-4,9H2,1-2H3. The van der Waals surface area contributed by atoms with Crippen LogP contribution in [0.4, 0.5) is 0 Å². The molecule has 0 saturated heterocycles. The van der Waals surface area contributed by atoms with Crippen molar-refractivity contribution in [1.29, 1.82) is 0 Å². The third-order valence-corrected chi connectivity index (χ3v) is 3.54. The largest absolute Gasteiger partial charge is 0.479 e. The van der Waals surface area contributed by atoms with Gasteiger partial charge >= 0.3 is 5.97 Å². The van der Waals surface area contributed by atoms with E-state index >= 15 is 0 Å². The summed E-state index contributed by atoms with van der Waals surface area (Å²) in [5, 5.41) is 0. The zero-order valence-electron chi connectivity index (χ0n) is 11.4. The van der Waals surface area contributed by atoms with Crippen LogP contribution in [0.3, 0.4) is 0 Å². The number of esters is 1. The van der Waals surface area contributed by atoms with E-state index in [1.807, 2.05) is 6.92 Å². The summed E-state index contributed by atoms with van der Waals surface area (Å²) < 4.78 is 10.4. The molecule has 1 aromatic rings. The van der Waals surface area contributed by atoms with Gasteiger partial charge in [0.2, 0.25) is 4.38 Å². The van der Waals surface area contributed by atoms with Gasteiger partial charge in [-0.1, -0.05) is 30.0 Å². The quantitative estimate of drug-likeness (QED) is 0.457. The minimum absolute atomic E-state index is 0.134. The highest BCUT2D eigenvalue weighted by Crippen LogP contribution is 2.15. The number of thiocarbonyl (C=S) groups is 1. The Labute approximate surface area is 127 Å². The zero-order valence-corrected chi connectivity index (χ0v) is 13.0. The van der Waals surface area contributed by atoms with Gasteiger partial charge in [-0.05, 0) is 32.1 Å². The van der Waals surface area contributed by atoms with Crippen LogP contribution >= 0.6 is 24.0 Å². The van der Waals surface area contributed by atoms with Crippen molar-refractivity contribution in [2.45, 2.75) is 13.8 Å². The van der Waals surface area contributed by atoms with Gasteiger partial charge in [0.05, 0.1) is 24.5 Å². The van der Waals surface area contributed by atoms with Crippen LogP contribution in [0.2, 0.25) is 0 Å². The van der Waals surface area contributed by atoms with E-state index in [2.05, 4.69) is 0 Å². The molecule has 0 aliphatic rings. The van der Waals surface area contributed by atoms with E-state index in [0.29, 0.717) is 16.6 Å². The number of thioether (sulfide) groups is 1. The van der Waals surface area contributed by atoms with E-state index in [-0.39, 0.29) is 23.7 Å². The van der Waals surface area contributed by atoms with Crippen molar-refractivity contribution in [3.05, 3.63) is 35.4 Å². The van der Waals surface area contributed by atoms with Crippen LogP contribution in [0.1, 0.15) is 34.6 Å². The van der Waals surface area contributed by atoms with E-state index in [1.165, 1.54) is 0 Å². The number of ketones is 1. The predicted octanol–water partition coefficient (Wildman–Crippen LogP) is 3.10. The summed E-state index contributed by atoms with van der Waals surface area (Å²) in [7, 11) is 0. The van der Waals surface area contributed by atoms with Crippen molar-refractivity contribution in [3.8, 4) is 0 Å². The molecule has 20 heavy (non-hydrogen) atoms.